The Morgan fingerprint density at radius 2 is 2.08 bits per heavy atom. The van der Waals surface area contributed by atoms with Crippen molar-refractivity contribution >= 4 is 28.2 Å². The van der Waals surface area contributed by atoms with Crippen molar-refractivity contribution in [2.45, 2.75) is 37.5 Å². The van der Waals surface area contributed by atoms with Gasteiger partial charge in [-0.2, -0.15) is 15.2 Å². The van der Waals surface area contributed by atoms with Crippen LogP contribution < -0.4 is 24.4 Å². The van der Waals surface area contributed by atoms with Crippen molar-refractivity contribution in [2.75, 3.05) is 51.3 Å². The second-order valence-electron chi connectivity index (χ2n) is 10.1. The van der Waals surface area contributed by atoms with E-state index in [1.807, 2.05) is 36.4 Å². The minimum atomic E-state index is -0.392. The highest BCUT2D eigenvalue weighted by Gasteiger charge is 2.33. The van der Waals surface area contributed by atoms with Crippen LogP contribution in [0.3, 0.4) is 0 Å². The van der Waals surface area contributed by atoms with E-state index in [0.717, 1.165) is 48.8 Å². The molecule has 0 aliphatic carbocycles. The second-order valence-corrected chi connectivity index (χ2v) is 10.5. The first-order chi connectivity index (χ1) is 18.6. The van der Waals surface area contributed by atoms with E-state index in [4.69, 9.17) is 30.8 Å². The van der Waals surface area contributed by atoms with Gasteiger partial charge in [0, 0.05) is 47.7 Å². The summed E-state index contributed by atoms with van der Waals surface area (Å²) in [5, 5.41) is 15.3. The molecule has 1 N–H and O–H groups in total. The first-order valence-corrected chi connectivity index (χ1v) is 13.6. The van der Waals surface area contributed by atoms with E-state index < -0.39 is 6.10 Å². The van der Waals surface area contributed by atoms with E-state index in [-0.39, 0.29) is 12.1 Å². The summed E-state index contributed by atoms with van der Waals surface area (Å²) in [7, 11) is 2.12. The van der Waals surface area contributed by atoms with Crippen LogP contribution in [0.1, 0.15) is 30.9 Å². The molecule has 1 aromatic heterocycles. The third-order valence-corrected chi connectivity index (χ3v) is 7.95. The van der Waals surface area contributed by atoms with Gasteiger partial charge in [0.1, 0.15) is 13.2 Å². The van der Waals surface area contributed by atoms with Gasteiger partial charge in [0.15, 0.2) is 11.9 Å². The van der Waals surface area contributed by atoms with Gasteiger partial charge in [-0.25, -0.2) is 0 Å². The fourth-order valence-electron chi connectivity index (χ4n) is 5.58. The van der Waals surface area contributed by atoms with Crippen molar-refractivity contribution in [3.63, 3.8) is 0 Å². The van der Waals surface area contributed by atoms with Gasteiger partial charge in [-0.3, -0.25) is 0 Å². The van der Waals surface area contributed by atoms with E-state index in [2.05, 4.69) is 33.2 Å². The number of ether oxygens (including phenoxy) is 3. The number of rotatable bonds is 6. The number of nitrogens with one attached hydrogen (secondary N) is 1. The standard InChI is InChI=1S/C28H31ClN6O3/c1-34-13-4-7-20(34)16-37-28-32-26(35-14-12-31-19(15-35)10-11-30)25-27(33-28)38-23(17-36-25)21-8-2-5-18-6-3-9-22(29)24(18)21/h2-3,5-6,8-9,19-20,23,31H,4,7,10,12-17H2,1H3/t19-,20-,23?/m0/s1. The van der Waals surface area contributed by atoms with Crippen LogP contribution in [0.25, 0.3) is 10.8 Å². The van der Waals surface area contributed by atoms with Gasteiger partial charge in [0.2, 0.25) is 5.75 Å². The fourth-order valence-corrected chi connectivity index (χ4v) is 5.87. The number of hydrogen-bond acceptors (Lipinski definition) is 9. The summed E-state index contributed by atoms with van der Waals surface area (Å²) in [6, 6.07) is 14.8. The predicted molar refractivity (Wildman–Crippen MR) is 145 cm³/mol. The number of benzene rings is 2. The van der Waals surface area contributed by atoms with Crippen LogP contribution in [0.5, 0.6) is 17.6 Å². The molecule has 0 amide bonds. The molecule has 3 aromatic rings. The molecule has 2 fully saturated rings. The van der Waals surface area contributed by atoms with Crippen LogP contribution in [0, 0.1) is 11.3 Å². The molecule has 3 atom stereocenters. The Kier molecular flexibility index (Phi) is 7.11. The summed E-state index contributed by atoms with van der Waals surface area (Å²) < 4.78 is 19.0. The second kappa shape index (κ2) is 10.8. The summed E-state index contributed by atoms with van der Waals surface area (Å²) in [4.78, 5) is 13.9. The summed E-state index contributed by atoms with van der Waals surface area (Å²) in [5.74, 6) is 1.51. The van der Waals surface area contributed by atoms with Crippen molar-refractivity contribution in [3.05, 3.63) is 47.0 Å². The third kappa shape index (κ3) is 4.92. The molecule has 10 heteroatoms. The molecule has 4 heterocycles. The monoisotopic (exact) mass is 534 g/mol. The highest BCUT2D eigenvalue weighted by molar-refractivity contribution is 6.35. The SMILES string of the molecule is CN1CCC[C@H]1COc1nc2c(c(N3CCN[C@@H](CC#N)C3)n1)OCC(c1cccc3cccc(Cl)c13)O2. The maximum absolute atomic E-state index is 9.23. The molecular formula is C28H31ClN6O3. The van der Waals surface area contributed by atoms with Gasteiger partial charge >= 0.3 is 6.01 Å². The first-order valence-electron chi connectivity index (χ1n) is 13.2. The number of anilines is 1. The van der Waals surface area contributed by atoms with E-state index in [1.54, 1.807) is 0 Å². The lowest BCUT2D eigenvalue weighted by Crippen LogP contribution is -2.51. The van der Waals surface area contributed by atoms with Crippen molar-refractivity contribution in [3.8, 4) is 23.7 Å². The van der Waals surface area contributed by atoms with Gasteiger partial charge in [-0.1, -0.05) is 41.9 Å². The predicted octanol–water partition coefficient (Wildman–Crippen LogP) is 3.96. The van der Waals surface area contributed by atoms with Gasteiger partial charge < -0.3 is 29.3 Å². The Balaban J connectivity index is 1.34. The minimum Gasteiger partial charge on any atom is -0.481 e. The molecule has 1 unspecified atom stereocenters. The van der Waals surface area contributed by atoms with Crippen LogP contribution in [0.4, 0.5) is 5.82 Å². The summed E-state index contributed by atoms with van der Waals surface area (Å²) >= 11 is 6.61. The van der Waals surface area contributed by atoms with Crippen molar-refractivity contribution in [1.82, 2.24) is 20.2 Å². The van der Waals surface area contributed by atoms with Crippen LogP contribution in [0.2, 0.25) is 5.02 Å². The van der Waals surface area contributed by atoms with E-state index in [1.165, 1.54) is 0 Å². The number of nitriles is 1. The number of piperazine rings is 1. The topological polar surface area (TPSA) is 95.8 Å². The molecule has 9 nitrogen and oxygen atoms in total. The quantitative estimate of drug-likeness (QED) is 0.504. The minimum absolute atomic E-state index is 0.0472. The number of hydrogen-bond donors (Lipinski definition) is 1. The molecule has 3 aliphatic heterocycles. The smallest absolute Gasteiger partial charge is 0.322 e. The Hall–Kier alpha value is -3.32. The molecule has 3 aliphatic rings. The Morgan fingerprint density at radius 1 is 1.21 bits per heavy atom. The highest BCUT2D eigenvalue weighted by atomic mass is 35.5. The molecule has 38 heavy (non-hydrogen) atoms. The Bertz CT molecular complexity index is 1360. The molecule has 0 spiro atoms. The molecule has 2 aromatic carbocycles. The van der Waals surface area contributed by atoms with E-state index in [9.17, 15) is 5.26 Å². The lowest BCUT2D eigenvalue weighted by Gasteiger charge is -2.36. The molecule has 198 valence electrons. The summed E-state index contributed by atoms with van der Waals surface area (Å²) in [6.07, 6.45) is 2.28. The average Bonchev–Trinajstić information content (AvgIpc) is 3.35. The highest BCUT2D eigenvalue weighted by Crippen LogP contribution is 2.44. The molecule has 6 rings (SSSR count). The number of fused-ring (bicyclic) bond motifs is 2. The van der Waals surface area contributed by atoms with E-state index >= 15 is 0 Å². The van der Waals surface area contributed by atoms with Crippen LogP contribution >= 0.6 is 11.6 Å². The van der Waals surface area contributed by atoms with Crippen molar-refractivity contribution in [2.24, 2.45) is 0 Å². The number of aromatic nitrogens is 2. The number of halogens is 1. The first kappa shape index (κ1) is 25.0. The van der Waals surface area contributed by atoms with Crippen LogP contribution in [-0.2, 0) is 0 Å². The summed E-state index contributed by atoms with van der Waals surface area (Å²) in [6.45, 7) is 3.98. The lowest BCUT2D eigenvalue weighted by molar-refractivity contribution is 0.0831. The van der Waals surface area contributed by atoms with Crippen molar-refractivity contribution in [1.29, 1.82) is 5.26 Å². The molecule has 2 saturated heterocycles. The zero-order valence-electron chi connectivity index (χ0n) is 21.4. The zero-order chi connectivity index (χ0) is 26.1. The fraction of sp³-hybridized carbons (Fsp3) is 0.464. The Labute approximate surface area is 227 Å². The number of nitrogens with zero attached hydrogens (tertiary/aromatic N) is 5. The van der Waals surface area contributed by atoms with Crippen molar-refractivity contribution < 1.29 is 14.2 Å². The molecule has 0 bridgehead atoms. The van der Waals surface area contributed by atoms with Gasteiger partial charge in [0.05, 0.1) is 12.5 Å². The average molecular weight is 535 g/mol. The summed E-state index contributed by atoms with van der Waals surface area (Å²) in [5.41, 5.74) is 0.949. The largest absolute Gasteiger partial charge is 0.481 e. The maximum Gasteiger partial charge on any atom is 0.322 e. The molecular weight excluding hydrogens is 504 g/mol. The Morgan fingerprint density at radius 3 is 2.89 bits per heavy atom. The van der Waals surface area contributed by atoms with Crippen LogP contribution in [0.15, 0.2) is 36.4 Å². The third-order valence-electron chi connectivity index (χ3n) is 7.63. The van der Waals surface area contributed by atoms with Gasteiger partial charge in [-0.05, 0) is 37.9 Å². The number of likely N-dealkylation sites (tertiary alicyclic amines) is 1. The molecule has 0 saturated carbocycles. The maximum atomic E-state index is 9.23. The van der Waals surface area contributed by atoms with Gasteiger partial charge in [-0.15, -0.1) is 0 Å². The van der Waals surface area contributed by atoms with Crippen LogP contribution in [-0.4, -0.2) is 73.4 Å². The molecule has 0 radical (unpaired) electrons. The zero-order valence-corrected chi connectivity index (χ0v) is 22.2. The van der Waals surface area contributed by atoms with E-state index in [0.29, 0.717) is 54.7 Å². The normalized spacial score (nSPS) is 23.4. The van der Waals surface area contributed by atoms with Gasteiger partial charge in [0.25, 0.3) is 5.88 Å². The lowest BCUT2D eigenvalue weighted by atomic mass is 10.00. The number of likely N-dealkylation sites (N-methyl/N-ethyl adjacent to an activating group) is 1.